The van der Waals surface area contributed by atoms with Crippen LogP contribution in [0, 0.1) is 17.8 Å². The summed E-state index contributed by atoms with van der Waals surface area (Å²) in [6, 6.07) is 0. The molecule has 0 saturated carbocycles. The molecule has 0 bridgehead atoms. The van der Waals surface area contributed by atoms with Crippen LogP contribution in [0.4, 0.5) is 0 Å². The van der Waals surface area contributed by atoms with E-state index >= 15 is 0 Å². The lowest BCUT2D eigenvalue weighted by molar-refractivity contribution is 0.151. The highest BCUT2D eigenvalue weighted by atomic mass is 15.1. The molecule has 1 aliphatic rings. The second kappa shape index (κ2) is 8.10. The van der Waals surface area contributed by atoms with E-state index in [9.17, 15) is 0 Å². The summed E-state index contributed by atoms with van der Waals surface area (Å²) in [6.45, 7) is 15.6. The highest BCUT2D eigenvalue weighted by Gasteiger charge is 2.20. The van der Waals surface area contributed by atoms with Crippen LogP contribution in [0.15, 0.2) is 0 Å². The minimum Gasteiger partial charge on any atom is -0.316 e. The van der Waals surface area contributed by atoms with E-state index in [0.717, 1.165) is 17.8 Å². The number of nitrogens with one attached hydrogen (secondary N) is 1. The molecule has 0 amide bonds. The Balaban J connectivity index is 2.19. The summed E-state index contributed by atoms with van der Waals surface area (Å²) < 4.78 is 0. The van der Waals surface area contributed by atoms with E-state index < -0.39 is 0 Å². The minimum atomic E-state index is 0.773. The topological polar surface area (TPSA) is 15.3 Å². The molecule has 17 heavy (non-hydrogen) atoms. The van der Waals surface area contributed by atoms with Crippen LogP contribution in [-0.4, -0.2) is 37.6 Å². The summed E-state index contributed by atoms with van der Waals surface area (Å²) in [6.07, 6.45) is 4.12. The number of nitrogens with zero attached hydrogens (tertiary/aromatic N) is 1. The van der Waals surface area contributed by atoms with Crippen molar-refractivity contribution in [2.75, 3.05) is 32.7 Å². The van der Waals surface area contributed by atoms with E-state index in [-0.39, 0.29) is 0 Å². The lowest BCUT2D eigenvalue weighted by atomic mass is 9.96. The second-order valence-electron chi connectivity index (χ2n) is 6.33. The molecule has 2 unspecified atom stereocenters. The lowest BCUT2D eigenvalue weighted by Gasteiger charge is -2.34. The third kappa shape index (κ3) is 6.42. The van der Waals surface area contributed by atoms with Crippen LogP contribution >= 0.6 is 0 Å². The largest absolute Gasteiger partial charge is 0.316 e. The van der Waals surface area contributed by atoms with E-state index in [1.54, 1.807) is 0 Å². The number of rotatable bonds is 7. The Bertz CT molecular complexity index is 191. The quantitative estimate of drug-likeness (QED) is 0.736. The van der Waals surface area contributed by atoms with Crippen LogP contribution in [0.2, 0.25) is 0 Å². The molecule has 0 spiro atoms. The Morgan fingerprint density at radius 2 is 2.06 bits per heavy atom. The fourth-order valence-electron chi connectivity index (χ4n) is 2.63. The Kier molecular flexibility index (Phi) is 7.14. The van der Waals surface area contributed by atoms with Crippen LogP contribution in [0.1, 0.15) is 47.0 Å². The van der Waals surface area contributed by atoms with Gasteiger partial charge in [-0.3, -0.25) is 0 Å². The van der Waals surface area contributed by atoms with E-state index in [0.29, 0.717) is 0 Å². The van der Waals surface area contributed by atoms with Gasteiger partial charge in [0.1, 0.15) is 0 Å². The molecular weight excluding hydrogens is 208 g/mol. The van der Waals surface area contributed by atoms with E-state index in [1.807, 2.05) is 0 Å². The molecule has 1 rings (SSSR count). The first kappa shape index (κ1) is 15.0. The van der Waals surface area contributed by atoms with E-state index in [4.69, 9.17) is 0 Å². The molecule has 0 radical (unpaired) electrons. The van der Waals surface area contributed by atoms with Crippen molar-refractivity contribution in [3.8, 4) is 0 Å². The van der Waals surface area contributed by atoms with Gasteiger partial charge < -0.3 is 10.2 Å². The molecule has 0 aromatic rings. The Hall–Kier alpha value is -0.0800. The average molecular weight is 240 g/mol. The van der Waals surface area contributed by atoms with Gasteiger partial charge in [-0.25, -0.2) is 0 Å². The summed E-state index contributed by atoms with van der Waals surface area (Å²) in [5, 5.41) is 3.62. The van der Waals surface area contributed by atoms with Gasteiger partial charge >= 0.3 is 0 Å². The molecular formula is C15H32N2. The van der Waals surface area contributed by atoms with E-state index in [1.165, 1.54) is 52.0 Å². The van der Waals surface area contributed by atoms with Crippen LogP contribution < -0.4 is 5.32 Å². The van der Waals surface area contributed by atoms with Gasteiger partial charge in [0, 0.05) is 13.1 Å². The van der Waals surface area contributed by atoms with Crippen molar-refractivity contribution in [1.82, 2.24) is 10.2 Å². The number of hydrogen-bond acceptors (Lipinski definition) is 2. The van der Waals surface area contributed by atoms with Crippen molar-refractivity contribution in [1.29, 1.82) is 0 Å². The van der Waals surface area contributed by atoms with E-state index in [2.05, 4.69) is 37.9 Å². The van der Waals surface area contributed by atoms with Crippen molar-refractivity contribution in [3.63, 3.8) is 0 Å². The zero-order chi connectivity index (χ0) is 12.7. The number of hydrogen-bond donors (Lipinski definition) is 1. The zero-order valence-corrected chi connectivity index (χ0v) is 12.3. The molecule has 1 heterocycles. The van der Waals surface area contributed by atoms with Gasteiger partial charge in [-0.2, -0.15) is 0 Å². The van der Waals surface area contributed by atoms with Crippen LogP contribution in [0.5, 0.6) is 0 Å². The summed E-state index contributed by atoms with van der Waals surface area (Å²) in [7, 11) is 0. The molecule has 2 nitrogen and oxygen atoms in total. The Morgan fingerprint density at radius 1 is 1.29 bits per heavy atom. The first-order valence-corrected chi connectivity index (χ1v) is 7.54. The van der Waals surface area contributed by atoms with Crippen molar-refractivity contribution in [3.05, 3.63) is 0 Å². The van der Waals surface area contributed by atoms with Crippen molar-refractivity contribution >= 4 is 0 Å². The van der Waals surface area contributed by atoms with Crippen LogP contribution in [-0.2, 0) is 0 Å². The predicted octanol–water partition coefficient (Wildman–Crippen LogP) is 2.99. The zero-order valence-electron chi connectivity index (χ0n) is 12.3. The maximum Gasteiger partial charge on any atom is 0.00219 e. The SMILES string of the molecule is CCC(C)CN1CCCC(CNCC(C)C)C1. The third-order valence-corrected chi connectivity index (χ3v) is 3.86. The number of likely N-dealkylation sites (tertiary alicyclic amines) is 1. The highest BCUT2D eigenvalue weighted by Crippen LogP contribution is 2.17. The van der Waals surface area contributed by atoms with Crippen molar-refractivity contribution < 1.29 is 0 Å². The van der Waals surface area contributed by atoms with Crippen LogP contribution in [0.3, 0.4) is 0 Å². The van der Waals surface area contributed by atoms with Gasteiger partial charge in [0.05, 0.1) is 0 Å². The van der Waals surface area contributed by atoms with Crippen molar-refractivity contribution in [2.24, 2.45) is 17.8 Å². The first-order chi connectivity index (χ1) is 8.11. The Labute approximate surface area is 108 Å². The van der Waals surface area contributed by atoms with Gasteiger partial charge in [-0.15, -0.1) is 0 Å². The van der Waals surface area contributed by atoms with Gasteiger partial charge in [-0.05, 0) is 50.2 Å². The second-order valence-corrected chi connectivity index (χ2v) is 6.33. The minimum absolute atomic E-state index is 0.773. The molecule has 1 saturated heterocycles. The first-order valence-electron chi connectivity index (χ1n) is 7.54. The molecule has 2 heteroatoms. The smallest absolute Gasteiger partial charge is 0.00219 e. The monoisotopic (exact) mass is 240 g/mol. The Morgan fingerprint density at radius 3 is 2.71 bits per heavy atom. The lowest BCUT2D eigenvalue weighted by Crippen LogP contribution is -2.41. The number of piperidine rings is 1. The maximum absolute atomic E-state index is 3.62. The molecule has 1 N–H and O–H groups in total. The van der Waals surface area contributed by atoms with Gasteiger partial charge in [-0.1, -0.05) is 34.1 Å². The molecule has 1 aliphatic heterocycles. The molecule has 102 valence electrons. The normalized spacial score (nSPS) is 24.2. The van der Waals surface area contributed by atoms with Gasteiger partial charge in [0.25, 0.3) is 0 Å². The third-order valence-electron chi connectivity index (χ3n) is 3.86. The summed E-state index contributed by atoms with van der Waals surface area (Å²) >= 11 is 0. The standard InChI is InChI=1S/C15H32N2/c1-5-14(4)11-17-8-6-7-15(12-17)10-16-9-13(2)3/h13-16H,5-12H2,1-4H3. The molecule has 0 aliphatic carbocycles. The molecule has 2 atom stereocenters. The molecule has 1 fully saturated rings. The van der Waals surface area contributed by atoms with Crippen LogP contribution in [0.25, 0.3) is 0 Å². The molecule has 0 aromatic heterocycles. The maximum atomic E-state index is 3.62. The van der Waals surface area contributed by atoms with Gasteiger partial charge in [0.2, 0.25) is 0 Å². The predicted molar refractivity (Wildman–Crippen MR) is 76.3 cm³/mol. The highest BCUT2D eigenvalue weighted by molar-refractivity contribution is 4.75. The summed E-state index contributed by atoms with van der Waals surface area (Å²) in [5.74, 6) is 2.51. The van der Waals surface area contributed by atoms with Gasteiger partial charge in [0.15, 0.2) is 0 Å². The summed E-state index contributed by atoms with van der Waals surface area (Å²) in [4.78, 5) is 2.68. The van der Waals surface area contributed by atoms with Crippen molar-refractivity contribution in [2.45, 2.75) is 47.0 Å². The summed E-state index contributed by atoms with van der Waals surface area (Å²) in [5.41, 5.74) is 0. The fourth-order valence-corrected chi connectivity index (χ4v) is 2.63. The molecule has 0 aromatic carbocycles. The average Bonchev–Trinajstić information content (AvgIpc) is 2.29. The fraction of sp³-hybridized carbons (Fsp3) is 1.00.